The van der Waals surface area contributed by atoms with E-state index in [2.05, 4.69) is 20.4 Å². The molecule has 1 aliphatic rings. The molecule has 23 heavy (non-hydrogen) atoms. The molecular weight excluding hydrogens is 295 g/mol. The Morgan fingerprint density at radius 2 is 2.26 bits per heavy atom. The van der Waals surface area contributed by atoms with Crippen LogP contribution in [-0.2, 0) is 13.6 Å². The molecule has 2 atom stereocenters. The van der Waals surface area contributed by atoms with Crippen molar-refractivity contribution in [3.63, 3.8) is 0 Å². The highest BCUT2D eigenvalue weighted by atomic mass is 19.1. The maximum Gasteiger partial charge on any atom is 0.194 e. The number of nitrogens with one attached hydrogen (secondary N) is 1. The highest BCUT2D eigenvalue weighted by Gasteiger charge is 2.40. The Morgan fingerprint density at radius 3 is 2.91 bits per heavy atom. The van der Waals surface area contributed by atoms with Gasteiger partial charge in [0, 0.05) is 33.1 Å². The Bertz CT molecular complexity index is 710. The average Bonchev–Trinajstić information content (AvgIpc) is 3.19. The van der Waals surface area contributed by atoms with Crippen LogP contribution in [0.1, 0.15) is 23.7 Å². The first-order valence-corrected chi connectivity index (χ1v) is 7.62. The molecule has 1 aliphatic carbocycles. The van der Waals surface area contributed by atoms with Crippen LogP contribution in [0.3, 0.4) is 0 Å². The minimum absolute atomic E-state index is 0.135. The summed E-state index contributed by atoms with van der Waals surface area (Å²) in [6.45, 7) is 0.604. The number of aryl methyl sites for hydroxylation is 1. The summed E-state index contributed by atoms with van der Waals surface area (Å²) in [5, 5.41) is 7.47. The van der Waals surface area contributed by atoms with Crippen LogP contribution in [-0.4, -0.2) is 45.8 Å². The highest BCUT2D eigenvalue weighted by molar-refractivity contribution is 5.80. The number of guanidine groups is 1. The van der Waals surface area contributed by atoms with Crippen LogP contribution in [0.4, 0.5) is 4.39 Å². The number of aliphatic imine (C=N–C) groups is 1. The van der Waals surface area contributed by atoms with Crippen LogP contribution in [0, 0.1) is 5.82 Å². The van der Waals surface area contributed by atoms with E-state index in [1.54, 1.807) is 17.8 Å². The van der Waals surface area contributed by atoms with Crippen molar-refractivity contribution in [2.75, 3.05) is 14.1 Å². The SMILES string of the molecule is CN=C(NC1CC1c1ccccc1F)N(C)Cc1ncnn1C. The second kappa shape index (κ2) is 6.36. The van der Waals surface area contributed by atoms with Gasteiger partial charge in [0.2, 0.25) is 0 Å². The number of nitrogens with zero attached hydrogens (tertiary/aromatic N) is 5. The summed E-state index contributed by atoms with van der Waals surface area (Å²) in [6, 6.07) is 7.18. The maximum absolute atomic E-state index is 13.8. The van der Waals surface area contributed by atoms with E-state index < -0.39 is 0 Å². The molecule has 0 aliphatic heterocycles. The molecule has 1 saturated carbocycles. The molecule has 1 N–H and O–H groups in total. The fourth-order valence-electron chi connectivity index (χ4n) is 2.74. The van der Waals surface area contributed by atoms with Gasteiger partial charge in [0.05, 0.1) is 6.54 Å². The molecule has 0 saturated heterocycles. The smallest absolute Gasteiger partial charge is 0.194 e. The average molecular weight is 316 g/mol. The third-order valence-electron chi connectivity index (χ3n) is 4.17. The molecule has 1 fully saturated rings. The monoisotopic (exact) mass is 316 g/mol. The summed E-state index contributed by atoms with van der Waals surface area (Å²) in [6.07, 6.45) is 2.45. The fourth-order valence-corrected chi connectivity index (χ4v) is 2.74. The van der Waals surface area contributed by atoms with E-state index in [-0.39, 0.29) is 17.8 Å². The molecule has 3 rings (SSSR count). The van der Waals surface area contributed by atoms with E-state index in [0.29, 0.717) is 6.54 Å². The van der Waals surface area contributed by atoms with Crippen LogP contribution in [0.25, 0.3) is 0 Å². The van der Waals surface area contributed by atoms with Gasteiger partial charge in [-0.2, -0.15) is 5.10 Å². The van der Waals surface area contributed by atoms with Crippen LogP contribution >= 0.6 is 0 Å². The number of halogens is 1. The van der Waals surface area contributed by atoms with E-state index in [0.717, 1.165) is 23.8 Å². The number of hydrogen-bond donors (Lipinski definition) is 1. The number of hydrogen-bond acceptors (Lipinski definition) is 3. The molecule has 2 unspecified atom stereocenters. The van der Waals surface area contributed by atoms with E-state index in [9.17, 15) is 4.39 Å². The Morgan fingerprint density at radius 1 is 1.48 bits per heavy atom. The molecule has 2 aromatic rings. The molecule has 0 radical (unpaired) electrons. The van der Waals surface area contributed by atoms with Crippen LogP contribution in [0.5, 0.6) is 0 Å². The predicted octanol–water partition coefficient (Wildman–Crippen LogP) is 1.52. The molecule has 6 nitrogen and oxygen atoms in total. The van der Waals surface area contributed by atoms with Crippen molar-refractivity contribution in [1.82, 2.24) is 25.0 Å². The third kappa shape index (κ3) is 3.33. The van der Waals surface area contributed by atoms with Crippen molar-refractivity contribution in [2.45, 2.75) is 24.9 Å². The molecule has 1 heterocycles. The first kappa shape index (κ1) is 15.5. The minimum Gasteiger partial charge on any atom is -0.353 e. The lowest BCUT2D eigenvalue weighted by molar-refractivity contribution is 0.447. The molecule has 0 spiro atoms. The zero-order valence-electron chi connectivity index (χ0n) is 13.6. The lowest BCUT2D eigenvalue weighted by Crippen LogP contribution is -2.40. The molecule has 1 aromatic carbocycles. The second-order valence-corrected chi connectivity index (χ2v) is 5.82. The van der Waals surface area contributed by atoms with Gasteiger partial charge in [-0.05, 0) is 18.1 Å². The van der Waals surface area contributed by atoms with E-state index in [4.69, 9.17) is 0 Å². The van der Waals surface area contributed by atoms with Crippen molar-refractivity contribution in [3.8, 4) is 0 Å². The van der Waals surface area contributed by atoms with Crippen molar-refractivity contribution in [3.05, 3.63) is 47.8 Å². The van der Waals surface area contributed by atoms with Crippen LogP contribution < -0.4 is 5.32 Å². The van der Waals surface area contributed by atoms with E-state index in [1.807, 2.05) is 31.1 Å². The van der Waals surface area contributed by atoms with Gasteiger partial charge in [-0.25, -0.2) is 9.37 Å². The Kier molecular flexibility index (Phi) is 4.27. The number of aromatic nitrogens is 3. The van der Waals surface area contributed by atoms with Gasteiger partial charge in [0.1, 0.15) is 18.0 Å². The van der Waals surface area contributed by atoms with Gasteiger partial charge in [0.15, 0.2) is 5.96 Å². The van der Waals surface area contributed by atoms with Crippen LogP contribution in [0.15, 0.2) is 35.6 Å². The van der Waals surface area contributed by atoms with Crippen molar-refractivity contribution in [1.29, 1.82) is 0 Å². The van der Waals surface area contributed by atoms with Gasteiger partial charge in [-0.1, -0.05) is 18.2 Å². The summed E-state index contributed by atoms with van der Waals surface area (Å²) in [7, 11) is 5.56. The largest absolute Gasteiger partial charge is 0.353 e. The summed E-state index contributed by atoms with van der Waals surface area (Å²) in [5.41, 5.74) is 0.774. The van der Waals surface area contributed by atoms with Crippen molar-refractivity contribution in [2.24, 2.45) is 12.0 Å². The second-order valence-electron chi connectivity index (χ2n) is 5.82. The maximum atomic E-state index is 13.8. The van der Waals surface area contributed by atoms with Gasteiger partial charge >= 0.3 is 0 Å². The van der Waals surface area contributed by atoms with Crippen molar-refractivity contribution < 1.29 is 4.39 Å². The topological polar surface area (TPSA) is 58.3 Å². The first-order valence-electron chi connectivity index (χ1n) is 7.62. The molecule has 1 aromatic heterocycles. The lowest BCUT2D eigenvalue weighted by Gasteiger charge is -2.21. The Balaban J connectivity index is 1.61. The summed E-state index contributed by atoms with van der Waals surface area (Å²) < 4.78 is 15.6. The van der Waals surface area contributed by atoms with Gasteiger partial charge < -0.3 is 10.2 Å². The zero-order valence-corrected chi connectivity index (χ0v) is 13.6. The van der Waals surface area contributed by atoms with Gasteiger partial charge in [-0.3, -0.25) is 9.67 Å². The van der Waals surface area contributed by atoms with E-state index in [1.165, 1.54) is 12.4 Å². The summed E-state index contributed by atoms with van der Waals surface area (Å²) in [5.74, 6) is 1.70. The fraction of sp³-hybridized carbons (Fsp3) is 0.438. The Labute approximate surface area is 135 Å². The normalized spacial score (nSPS) is 20.4. The molecular formula is C16H21FN6. The minimum atomic E-state index is -0.135. The lowest BCUT2D eigenvalue weighted by atomic mass is 10.1. The molecule has 0 amide bonds. The molecule has 0 bridgehead atoms. The molecule has 7 heteroatoms. The van der Waals surface area contributed by atoms with Gasteiger partial charge in [-0.15, -0.1) is 0 Å². The van der Waals surface area contributed by atoms with Crippen LogP contribution in [0.2, 0.25) is 0 Å². The van der Waals surface area contributed by atoms with Gasteiger partial charge in [0.25, 0.3) is 0 Å². The Hall–Kier alpha value is -2.44. The summed E-state index contributed by atoms with van der Waals surface area (Å²) in [4.78, 5) is 10.5. The summed E-state index contributed by atoms with van der Waals surface area (Å²) >= 11 is 0. The standard InChI is InChI=1S/C16H21FN6/c1-18-16(22(2)9-15-19-10-20-23(15)3)21-14-8-12(14)11-6-4-5-7-13(11)17/h4-7,10,12,14H,8-9H2,1-3H3,(H,18,21). The van der Waals surface area contributed by atoms with Crippen molar-refractivity contribution >= 4 is 5.96 Å². The first-order chi connectivity index (χ1) is 11.1. The number of benzene rings is 1. The molecule has 122 valence electrons. The predicted molar refractivity (Wildman–Crippen MR) is 86.5 cm³/mol. The zero-order chi connectivity index (χ0) is 16.4. The van der Waals surface area contributed by atoms with E-state index >= 15 is 0 Å². The third-order valence-corrected chi connectivity index (χ3v) is 4.17. The quantitative estimate of drug-likeness (QED) is 0.686. The highest BCUT2D eigenvalue weighted by Crippen LogP contribution is 2.41. The number of rotatable bonds is 4.